The average Bonchev–Trinajstić information content (AvgIpc) is 2.64. The van der Waals surface area contributed by atoms with Gasteiger partial charge in [-0.15, -0.1) is 0 Å². The number of rotatable bonds is 13. The molecule has 2 unspecified atom stereocenters. The Kier molecular flexibility index (Phi) is 10.2. The van der Waals surface area contributed by atoms with Crippen LogP contribution in [0.4, 0.5) is 0 Å². The minimum Gasteiger partial charge on any atom is -0.396 e. The first kappa shape index (κ1) is 23.1. The summed E-state index contributed by atoms with van der Waals surface area (Å²) < 4.78 is 25.5. The molecule has 4 nitrogen and oxygen atoms in total. The van der Waals surface area contributed by atoms with Crippen molar-refractivity contribution < 1.29 is 18.3 Å². The summed E-state index contributed by atoms with van der Waals surface area (Å²) in [6, 6.07) is 0.987. The number of hydrogen-bond donors (Lipinski definition) is 0. The molecule has 5 heteroatoms. The maximum absolute atomic E-state index is 6.73. The first-order valence-corrected chi connectivity index (χ1v) is 12.4. The molecule has 25 heavy (non-hydrogen) atoms. The molecule has 0 aromatic carbocycles. The van der Waals surface area contributed by atoms with Crippen molar-refractivity contribution in [3.8, 4) is 0 Å². The van der Waals surface area contributed by atoms with Gasteiger partial charge in [-0.2, -0.15) is 0 Å². The standard InChI is InChI=1S/C20H42O4Si/c1-7-10-12-17-24-19(14-9-3)15-13-18-25(22-5,23-6)20(19,21-4)16-11-8-2/h7-18H2,1-6H3. The van der Waals surface area contributed by atoms with Gasteiger partial charge in [0.1, 0.15) is 5.22 Å². The molecule has 2 atom stereocenters. The van der Waals surface area contributed by atoms with Crippen molar-refractivity contribution in [3.05, 3.63) is 0 Å². The SMILES string of the molecule is CCCCCOC1(CCC)CCC[Si](OC)(OC)C1(CCCC)OC. The van der Waals surface area contributed by atoms with Crippen LogP contribution >= 0.6 is 0 Å². The second-order valence-corrected chi connectivity index (χ2v) is 11.1. The molecule has 1 aliphatic rings. The summed E-state index contributed by atoms with van der Waals surface area (Å²) in [6.07, 6.45) is 11.0. The van der Waals surface area contributed by atoms with Gasteiger partial charge in [0.25, 0.3) is 0 Å². The molecule has 150 valence electrons. The van der Waals surface area contributed by atoms with Crippen molar-refractivity contribution in [2.45, 2.75) is 102 Å². The van der Waals surface area contributed by atoms with Crippen LogP contribution in [0, 0.1) is 0 Å². The number of methoxy groups -OCH3 is 1. The second-order valence-electron chi connectivity index (χ2n) is 7.45. The first-order chi connectivity index (χ1) is 12.1. The lowest BCUT2D eigenvalue weighted by Crippen LogP contribution is -2.76. The predicted molar refractivity (Wildman–Crippen MR) is 106 cm³/mol. The van der Waals surface area contributed by atoms with E-state index in [2.05, 4.69) is 20.8 Å². The lowest BCUT2D eigenvalue weighted by Gasteiger charge is -2.58. The Bertz CT molecular complexity index is 358. The number of hydrogen-bond acceptors (Lipinski definition) is 4. The zero-order chi connectivity index (χ0) is 18.8. The van der Waals surface area contributed by atoms with Gasteiger partial charge in [0.2, 0.25) is 0 Å². The van der Waals surface area contributed by atoms with Crippen LogP contribution < -0.4 is 0 Å². The Morgan fingerprint density at radius 1 is 0.840 bits per heavy atom. The van der Waals surface area contributed by atoms with Gasteiger partial charge in [-0.3, -0.25) is 0 Å². The molecular weight excluding hydrogens is 332 g/mol. The summed E-state index contributed by atoms with van der Waals surface area (Å²) in [6.45, 7) is 7.52. The zero-order valence-electron chi connectivity index (χ0n) is 17.6. The average molecular weight is 375 g/mol. The van der Waals surface area contributed by atoms with Gasteiger partial charge in [-0.1, -0.05) is 52.9 Å². The fourth-order valence-electron chi connectivity index (χ4n) is 4.87. The Morgan fingerprint density at radius 3 is 2.04 bits per heavy atom. The zero-order valence-corrected chi connectivity index (χ0v) is 18.6. The fourth-order valence-corrected chi connectivity index (χ4v) is 9.04. The van der Waals surface area contributed by atoms with E-state index >= 15 is 0 Å². The third-order valence-electron chi connectivity index (χ3n) is 6.11. The van der Waals surface area contributed by atoms with Crippen molar-refractivity contribution in [2.75, 3.05) is 27.9 Å². The molecule has 0 bridgehead atoms. The van der Waals surface area contributed by atoms with Crippen LogP contribution in [0.1, 0.15) is 85.0 Å². The Hall–Kier alpha value is 0.0569. The Balaban J connectivity index is 3.29. The van der Waals surface area contributed by atoms with Gasteiger partial charge >= 0.3 is 8.56 Å². The fraction of sp³-hybridized carbons (Fsp3) is 1.00. The number of unbranched alkanes of at least 4 members (excludes halogenated alkanes) is 3. The van der Waals surface area contributed by atoms with Crippen LogP contribution in [0.2, 0.25) is 6.04 Å². The quantitative estimate of drug-likeness (QED) is 0.320. The summed E-state index contributed by atoms with van der Waals surface area (Å²) in [7, 11) is 2.94. The highest BCUT2D eigenvalue weighted by Crippen LogP contribution is 2.52. The van der Waals surface area contributed by atoms with Crippen LogP contribution in [-0.4, -0.2) is 47.3 Å². The molecule has 0 radical (unpaired) electrons. The van der Waals surface area contributed by atoms with E-state index in [-0.39, 0.29) is 5.60 Å². The predicted octanol–water partition coefficient (Wildman–Crippen LogP) is 5.38. The van der Waals surface area contributed by atoms with E-state index in [1.165, 1.54) is 12.8 Å². The first-order valence-electron chi connectivity index (χ1n) is 10.4. The van der Waals surface area contributed by atoms with E-state index < -0.39 is 13.8 Å². The molecular formula is C20H42O4Si. The molecule has 0 spiro atoms. The minimum absolute atomic E-state index is 0.282. The van der Waals surface area contributed by atoms with Crippen molar-refractivity contribution in [2.24, 2.45) is 0 Å². The molecule has 1 saturated heterocycles. The summed E-state index contributed by atoms with van der Waals surface area (Å²) in [4.78, 5) is 0. The maximum atomic E-state index is 6.73. The van der Waals surface area contributed by atoms with E-state index in [0.29, 0.717) is 0 Å². The minimum atomic E-state index is -2.54. The normalized spacial score (nSPS) is 29.0. The van der Waals surface area contributed by atoms with Crippen LogP contribution in [0.15, 0.2) is 0 Å². The summed E-state index contributed by atoms with van der Waals surface area (Å²) in [5, 5.41) is -0.431. The topological polar surface area (TPSA) is 36.9 Å². The molecule has 1 rings (SSSR count). The largest absolute Gasteiger partial charge is 0.396 e. The van der Waals surface area contributed by atoms with Gasteiger partial charge in [-0.05, 0) is 38.1 Å². The van der Waals surface area contributed by atoms with Crippen molar-refractivity contribution in [1.82, 2.24) is 0 Å². The van der Waals surface area contributed by atoms with E-state index in [9.17, 15) is 0 Å². The highest BCUT2D eigenvalue weighted by atomic mass is 28.4. The van der Waals surface area contributed by atoms with Crippen molar-refractivity contribution >= 4 is 8.56 Å². The lowest BCUT2D eigenvalue weighted by molar-refractivity contribution is -0.196. The highest BCUT2D eigenvalue weighted by Gasteiger charge is 2.70. The van der Waals surface area contributed by atoms with Gasteiger partial charge in [0.15, 0.2) is 0 Å². The molecule has 0 N–H and O–H groups in total. The molecule has 0 saturated carbocycles. The van der Waals surface area contributed by atoms with Crippen molar-refractivity contribution in [3.63, 3.8) is 0 Å². The van der Waals surface area contributed by atoms with E-state index in [4.69, 9.17) is 18.3 Å². The maximum Gasteiger partial charge on any atom is 0.373 e. The van der Waals surface area contributed by atoms with Crippen LogP contribution in [0.5, 0.6) is 0 Å². The third kappa shape index (κ3) is 4.49. The Morgan fingerprint density at radius 2 is 1.52 bits per heavy atom. The summed E-state index contributed by atoms with van der Waals surface area (Å²) in [5.74, 6) is 0. The van der Waals surface area contributed by atoms with E-state index in [0.717, 1.165) is 64.0 Å². The molecule has 1 fully saturated rings. The van der Waals surface area contributed by atoms with Crippen LogP contribution in [0.25, 0.3) is 0 Å². The van der Waals surface area contributed by atoms with Gasteiger partial charge in [0, 0.05) is 27.9 Å². The molecule has 0 aromatic heterocycles. The van der Waals surface area contributed by atoms with E-state index in [1.54, 1.807) is 0 Å². The smallest absolute Gasteiger partial charge is 0.373 e. The third-order valence-corrected chi connectivity index (χ3v) is 10.6. The summed E-state index contributed by atoms with van der Waals surface area (Å²) >= 11 is 0. The second kappa shape index (κ2) is 11.0. The molecule has 1 aliphatic heterocycles. The van der Waals surface area contributed by atoms with E-state index in [1.807, 2.05) is 21.3 Å². The monoisotopic (exact) mass is 374 g/mol. The van der Waals surface area contributed by atoms with Gasteiger partial charge in [0.05, 0.1) is 5.60 Å². The summed E-state index contributed by atoms with van der Waals surface area (Å²) in [5.41, 5.74) is -0.282. The van der Waals surface area contributed by atoms with Crippen LogP contribution in [-0.2, 0) is 18.3 Å². The molecule has 0 aliphatic carbocycles. The van der Waals surface area contributed by atoms with Gasteiger partial charge < -0.3 is 18.3 Å². The highest BCUT2D eigenvalue weighted by molar-refractivity contribution is 6.71. The molecule has 1 heterocycles. The molecule has 0 amide bonds. The molecule has 0 aromatic rings. The number of ether oxygens (including phenoxy) is 2. The van der Waals surface area contributed by atoms with Crippen LogP contribution in [0.3, 0.4) is 0 Å². The van der Waals surface area contributed by atoms with Crippen molar-refractivity contribution in [1.29, 1.82) is 0 Å². The lowest BCUT2D eigenvalue weighted by atomic mass is 9.82. The van der Waals surface area contributed by atoms with Gasteiger partial charge in [-0.25, -0.2) is 0 Å². The Labute approximate surface area is 157 Å².